The Bertz CT molecular complexity index is 1580. The van der Waals surface area contributed by atoms with E-state index in [4.69, 9.17) is 4.52 Å². The lowest BCUT2D eigenvalue weighted by Gasteiger charge is -2.62. The summed E-state index contributed by atoms with van der Waals surface area (Å²) in [7, 11) is 0. The zero-order valence-electron chi connectivity index (χ0n) is 30.6. The van der Waals surface area contributed by atoms with Gasteiger partial charge in [0.05, 0.1) is 36.3 Å². The molecular weight excluding hydrogens is 638 g/mol. The van der Waals surface area contributed by atoms with Gasteiger partial charge in [-0.25, -0.2) is 0 Å². The molecule has 0 saturated heterocycles. The molecule has 2 heterocycles. The standard InChI is InChI=1S/C21H30N2O2.C21H29NO3.CH4/c1-11-4-5-13-17-14(6-7-20(11,13)2)21(3)9-12-10-22-23-16(12)8-15(21)18(24)19(17)25;1-11-4-5-13-17-14(6-7-20(11,13)2)21(3)9-12-10-25-22-16(12)8-15(21)18(23)19(17)24;/h10,13-15,17-19,24-25H,1,4-9H2,2-3H3,(H,22,23);10,13-15,17-19,23-24H,1,4-9H2,2-3H3;1H4/t2*13?,14?,15?,17?,18-,19-,20-,21-;/m11./s1. The van der Waals surface area contributed by atoms with Crippen molar-refractivity contribution >= 4 is 0 Å². The molecule has 0 bridgehead atoms. The van der Waals surface area contributed by atoms with Crippen LogP contribution in [0.5, 0.6) is 0 Å². The van der Waals surface area contributed by atoms with Crippen LogP contribution in [0.2, 0.25) is 0 Å². The number of aromatic amines is 1. The van der Waals surface area contributed by atoms with Gasteiger partial charge in [-0.2, -0.15) is 5.10 Å². The highest BCUT2D eigenvalue weighted by Crippen LogP contribution is 2.68. The van der Waals surface area contributed by atoms with Crippen molar-refractivity contribution in [1.29, 1.82) is 0 Å². The molecule has 8 aliphatic rings. The number of H-pyrrole nitrogens is 1. The summed E-state index contributed by atoms with van der Waals surface area (Å²) in [6.07, 6.45) is 13.6. The Morgan fingerprint density at radius 1 is 0.686 bits per heavy atom. The fourth-order valence-corrected chi connectivity index (χ4v) is 14.7. The van der Waals surface area contributed by atoms with E-state index >= 15 is 0 Å². The summed E-state index contributed by atoms with van der Waals surface area (Å²) in [5, 5.41) is 56.0. The second-order valence-electron chi connectivity index (χ2n) is 19.4. The van der Waals surface area contributed by atoms with Crippen LogP contribution in [0.1, 0.15) is 109 Å². The van der Waals surface area contributed by atoms with Crippen molar-refractivity contribution in [3.8, 4) is 0 Å². The average molecular weight is 702 g/mol. The maximum atomic E-state index is 11.2. The van der Waals surface area contributed by atoms with E-state index in [0.29, 0.717) is 23.7 Å². The number of allylic oxidation sites excluding steroid dienone is 2. The number of aliphatic hydroxyl groups is 4. The summed E-state index contributed by atoms with van der Waals surface area (Å²) in [5.74, 6) is 2.39. The van der Waals surface area contributed by atoms with Gasteiger partial charge in [0.25, 0.3) is 0 Å². The van der Waals surface area contributed by atoms with E-state index in [1.807, 2.05) is 6.20 Å². The topological polar surface area (TPSA) is 136 Å². The normalized spacial score (nSPS) is 50.4. The van der Waals surface area contributed by atoms with Crippen molar-refractivity contribution in [2.24, 2.45) is 69.0 Å². The lowest BCUT2D eigenvalue weighted by atomic mass is 9.44. The first-order valence-electron chi connectivity index (χ1n) is 19.7. The summed E-state index contributed by atoms with van der Waals surface area (Å²) < 4.78 is 5.21. The van der Waals surface area contributed by atoms with Crippen molar-refractivity contribution < 1.29 is 24.9 Å². The van der Waals surface area contributed by atoms with E-state index in [2.05, 4.69) is 56.2 Å². The fraction of sp³-hybridized carbons (Fsp3) is 0.767. The van der Waals surface area contributed by atoms with Gasteiger partial charge in [-0.05, 0) is 152 Å². The van der Waals surface area contributed by atoms with Gasteiger partial charge in [-0.1, -0.05) is 64.6 Å². The molecule has 10 rings (SSSR count). The number of nitrogens with zero attached hydrogens (tertiary/aromatic N) is 2. The van der Waals surface area contributed by atoms with E-state index in [1.54, 1.807) is 6.26 Å². The molecule has 51 heavy (non-hydrogen) atoms. The van der Waals surface area contributed by atoms with Crippen molar-refractivity contribution in [3.63, 3.8) is 0 Å². The Morgan fingerprint density at radius 3 is 1.75 bits per heavy atom. The molecule has 0 amide bonds. The molecule has 5 N–H and O–H groups in total. The molecule has 2 aromatic heterocycles. The van der Waals surface area contributed by atoms with Crippen LogP contribution in [-0.4, -0.2) is 60.2 Å². The minimum Gasteiger partial charge on any atom is -0.390 e. The molecule has 0 radical (unpaired) electrons. The minimum atomic E-state index is -0.674. The van der Waals surface area contributed by atoms with E-state index in [0.717, 1.165) is 75.6 Å². The molecule has 0 spiro atoms. The van der Waals surface area contributed by atoms with Crippen LogP contribution in [-0.2, 0) is 25.7 Å². The minimum absolute atomic E-state index is 0. The van der Waals surface area contributed by atoms with Crippen LogP contribution in [0, 0.1) is 69.0 Å². The zero-order valence-corrected chi connectivity index (χ0v) is 30.6. The Hall–Kier alpha value is -2.26. The van der Waals surface area contributed by atoms with Crippen LogP contribution in [0.3, 0.4) is 0 Å². The van der Waals surface area contributed by atoms with Gasteiger partial charge >= 0.3 is 0 Å². The van der Waals surface area contributed by atoms with E-state index < -0.39 is 24.4 Å². The summed E-state index contributed by atoms with van der Waals surface area (Å²) in [6, 6.07) is 0. The van der Waals surface area contributed by atoms with Crippen molar-refractivity contribution in [3.05, 3.63) is 59.3 Å². The largest absolute Gasteiger partial charge is 0.390 e. The first kappa shape index (κ1) is 35.8. The van der Waals surface area contributed by atoms with Crippen LogP contribution < -0.4 is 0 Å². The Kier molecular flexibility index (Phi) is 8.32. The van der Waals surface area contributed by atoms with Gasteiger partial charge in [-0.3, -0.25) is 5.10 Å². The Morgan fingerprint density at radius 2 is 1.20 bits per heavy atom. The summed E-state index contributed by atoms with van der Waals surface area (Å²) in [4.78, 5) is 0. The monoisotopic (exact) mass is 701 g/mol. The summed E-state index contributed by atoms with van der Waals surface area (Å²) >= 11 is 0. The lowest BCUT2D eigenvalue weighted by Crippen LogP contribution is -2.64. The van der Waals surface area contributed by atoms with Crippen molar-refractivity contribution in [2.45, 2.75) is 137 Å². The first-order valence-corrected chi connectivity index (χ1v) is 19.7. The van der Waals surface area contributed by atoms with Gasteiger partial charge in [0.2, 0.25) is 0 Å². The van der Waals surface area contributed by atoms with Crippen LogP contribution in [0.25, 0.3) is 0 Å². The SMILES string of the molecule is C.C=C1CCC2C3C(CC[C@]12C)[C@@]1(C)Cc2cn[nH]c2CC1[C@@H](O)[C@@H]3O.C=C1CCC2C3C(CC[C@]12C)[C@@]1(C)Cc2conc2CC1[C@@H](O)[C@@H]3O. The van der Waals surface area contributed by atoms with Gasteiger partial charge in [-0.15, -0.1) is 0 Å². The number of hydrogen-bond donors (Lipinski definition) is 5. The number of aromatic nitrogens is 3. The molecule has 8 heteroatoms. The van der Waals surface area contributed by atoms with Gasteiger partial charge in [0.15, 0.2) is 0 Å². The van der Waals surface area contributed by atoms with Gasteiger partial charge in [0, 0.05) is 11.3 Å². The zero-order chi connectivity index (χ0) is 35.1. The molecule has 6 fully saturated rings. The van der Waals surface area contributed by atoms with Crippen molar-refractivity contribution in [2.75, 3.05) is 0 Å². The molecule has 8 aliphatic carbocycles. The third-order valence-corrected chi connectivity index (χ3v) is 17.8. The predicted molar refractivity (Wildman–Crippen MR) is 196 cm³/mol. The molecule has 8 nitrogen and oxygen atoms in total. The van der Waals surface area contributed by atoms with Crippen LogP contribution in [0.4, 0.5) is 0 Å². The molecule has 280 valence electrons. The van der Waals surface area contributed by atoms with E-state index in [-0.39, 0.29) is 52.8 Å². The number of rotatable bonds is 0. The molecule has 8 unspecified atom stereocenters. The average Bonchev–Trinajstić information content (AvgIpc) is 3.87. The molecule has 6 saturated carbocycles. The quantitative estimate of drug-likeness (QED) is 0.195. The van der Waals surface area contributed by atoms with E-state index in [1.165, 1.54) is 35.1 Å². The maximum Gasteiger partial charge on any atom is 0.127 e. The number of hydrogen-bond acceptors (Lipinski definition) is 7. The highest BCUT2D eigenvalue weighted by molar-refractivity contribution is 5.30. The fourth-order valence-electron chi connectivity index (χ4n) is 14.7. The predicted octanol–water partition coefficient (Wildman–Crippen LogP) is 6.63. The Balaban J connectivity index is 0.000000144. The summed E-state index contributed by atoms with van der Waals surface area (Å²) in [6.45, 7) is 18.1. The smallest absolute Gasteiger partial charge is 0.127 e. The third kappa shape index (κ3) is 4.70. The molecular formula is C43H63N3O5. The third-order valence-electron chi connectivity index (χ3n) is 17.8. The highest BCUT2D eigenvalue weighted by Gasteiger charge is 2.65. The maximum absolute atomic E-state index is 11.2. The number of aliphatic hydroxyl groups excluding tert-OH is 4. The number of nitrogens with one attached hydrogen (secondary N) is 1. The molecule has 0 aromatic carbocycles. The first-order chi connectivity index (χ1) is 23.7. The number of fused-ring (bicyclic) bond motifs is 12. The molecule has 2 aromatic rings. The summed E-state index contributed by atoms with van der Waals surface area (Å²) in [5.41, 5.74) is 7.71. The van der Waals surface area contributed by atoms with Crippen LogP contribution >= 0.6 is 0 Å². The van der Waals surface area contributed by atoms with E-state index in [9.17, 15) is 20.4 Å². The van der Waals surface area contributed by atoms with Gasteiger partial charge < -0.3 is 24.9 Å². The second kappa shape index (κ2) is 11.9. The molecule has 16 atom stereocenters. The molecule has 0 aliphatic heterocycles. The lowest BCUT2D eigenvalue weighted by molar-refractivity contribution is -0.201. The van der Waals surface area contributed by atoms with Crippen LogP contribution in [0.15, 0.2) is 41.3 Å². The van der Waals surface area contributed by atoms with Gasteiger partial charge in [0.1, 0.15) is 6.26 Å². The second-order valence-corrected chi connectivity index (χ2v) is 19.4. The van der Waals surface area contributed by atoms with Crippen molar-refractivity contribution in [1.82, 2.24) is 15.4 Å². The highest BCUT2D eigenvalue weighted by atomic mass is 16.5. The Labute approximate surface area is 304 Å².